The van der Waals surface area contributed by atoms with Crippen LogP contribution in [-0.2, 0) is 0 Å². The van der Waals surface area contributed by atoms with E-state index < -0.39 is 5.69 Å². The molecule has 0 amide bonds. The van der Waals surface area contributed by atoms with Crippen molar-refractivity contribution in [1.82, 2.24) is 20.2 Å². The fourth-order valence-electron chi connectivity index (χ4n) is 2.03. The molecule has 0 saturated carbocycles. The van der Waals surface area contributed by atoms with Gasteiger partial charge in [-0.25, -0.2) is 9.78 Å². The van der Waals surface area contributed by atoms with Crippen LogP contribution in [0, 0.1) is 20.5 Å². The van der Waals surface area contributed by atoms with Crippen molar-refractivity contribution < 1.29 is 55.5 Å². The molecule has 0 aliphatic carbocycles. The molecule has 0 aliphatic rings. The number of fused-ring (bicyclic) bond motifs is 2. The second-order valence-corrected chi connectivity index (χ2v) is 4.73. The molecule has 8 N–H and O–H groups in total. The Morgan fingerprint density at radius 3 is 1.61 bits per heavy atom. The van der Waals surface area contributed by atoms with Crippen LogP contribution in [0.3, 0.4) is 0 Å². The van der Waals surface area contributed by atoms with E-state index in [9.17, 15) is 15.2 Å². The van der Waals surface area contributed by atoms with Crippen LogP contribution in [-0.4, -0.2) is 31.1 Å². The van der Waals surface area contributed by atoms with Gasteiger partial charge in [0.15, 0.2) is 0 Å². The van der Waals surface area contributed by atoms with E-state index in [0.717, 1.165) is 0 Å². The predicted octanol–water partition coefficient (Wildman–Crippen LogP) is -2.81. The number of nitrogen functional groups attached to an aromatic ring is 1. The van der Waals surface area contributed by atoms with Crippen LogP contribution >= 0.6 is 0 Å². The molecule has 0 radical (unpaired) electrons. The number of benzene rings is 2. The van der Waals surface area contributed by atoms with Gasteiger partial charge in [0, 0.05) is 17.5 Å². The summed E-state index contributed by atoms with van der Waals surface area (Å²) in [5, 5.41) is 35.9. The number of anilines is 1. The van der Waals surface area contributed by atoms with E-state index in [2.05, 4.69) is 15.1 Å². The maximum Gasteiger partial charge on any atom is 1.00 e. The van der Waals surface area contributed by atoms with Crippen molar-refractivity contribution in [3.05, 3.63) is 79.5 Å². The molecule has 0 saturated heterocycles. The van der Waals surface area contributed by atoms with Gasteiger partial charge < -0.3 is 27.1 Å². The summed E-state index contributed by atoms with van der Waals surface area (Å²) >= 11 is 0. The van der Waals surface area contributed by atoms with Gasteiger partial charge in [-0.3, -0.25) is 10.1 Å². The van der Waals surface area contributed by atoms with E-state index in [1.54, 1.807) is 48.5 Å². The van der Waals surface area contributed by atoms with E-state index >= 15 is 0 Å². The molecule has 0 spiro atoms. The average Bonchev–Trinajstić information content (AvgIpc) is 2.89. The molecule has 0 unspecified atom stereocenters. The molecular weight excluding hydrogens is 511 g/mol. The first kappa shape index (κ1) is 47.7. The van der Waals surface area contributed by atoms with Crippen LogP contribution in [0.4, 0.5) is 5.95 Å². The summed E-state index contributed by atoms with van der Waals surface area (Å²) in [5.41, 5.74) is 6.38. The molecule has 210 valence electrons. The molecule has 0 atom stereocenters. The fraction of sp³-hybridized carbons (Fsp3) is 0.364. The minimum Gasteiger partial charge on any atom is -0.595 e. The summed E-state index contributed by atoms with van der Waals surface area (Å²) < 4.78 is 0. The molecule has 0 fully saturated rings. The van der Waals surface area contributed by atoms with Crippen LogP contribution in [0.5, 0.6) is 0 Å². The maximum atomic E-state index is 11.1. The minimum atomic E-state index is -0.635. The molecule has 4 aromatic rings. The summed E-state index contributed by atoms with van der Waals surface area (Å²) in [4.78, 5) is 27.2. The van der Waals surface area contributed by atoms with Crippen molar-refractivity contribution in [3.8, 4) is 0 Å². The fourth-order valence-corrected chi connectivity index (χ4v) is 2.03. The first-order chi connectivity index (χ1) is 17.0. The van der Waals surface area contributed by atoms with Crippen LogP contribution in [0.15, 0.2) is 53.3 Å². The van der Waals surface area contributed by atoms with Crippen LogP contribution in [0.1, 0.15) is 55.4 Å². The summed E-state index contributed by atoms with van der Waals surface area (Å²) in [5.74, 6) is -0.0105. The average molecular weight is 552 g/mol. The van der Waals surface area contributed by atoms with E-state index in [0.29, 0.717) is 31.8 Å². The van der Waals surface area contributed by atoms with E-state index in [1.165, 1.54) is 0 Å². The smallest absolute Gasteiger partial charge is 0.595 e. The molecule has 2 heterocycles. The van der Waals surface area contributed by atoms with Gasteiger partial charge in [-0.1, -0.05) is 89.6 Å². The molecule has 38 heavy (non-hydrogen) atoms. The molecule has 15 nitrogen and oxygen atoms in total. The number of nitrogens with one attached hydrogen (secondary N) is 2. The number of nitrogens with two attached hydrogens (primary N) is 1. The second-order valence-electron chi connectivity index (χ2n) is 4.73. The number of aromatic amines is 1. The topological polar surface area (TPSA) is 269 Å². The van der Waals surface area contributed by atoms with E-state index in [4.69, 9.17) is 15.8 Å². The molecular formula is C22H40N8NaO7+. The van der Waals surface area contributed by atoms with Crippen molar-refractivity contribution in [2.75, 3.05) is 5.73 Å². The van der Waals surface area contributed by atoms with Crippen molar-refractivity contribution >= 4 is 28.0 Å². The summed E-state index contributed by atoms with van der Waals surface area (Å²) in [6, 6.07) is 13.5. The van der Waals surface area contributed by atoms with Gasteiger partial charge in [-0.2, -0.15) is 4.98 Å². The molecule has 2 aromatic carbocycles. The number of rotatable bonds is 0. The zero-order valence-corrected chi connectivity index (χ0v) is 25.5. The van der Waals surface area contributed by atoms with Gasteiger partial charge in [-0.05, 0) is 17.0 Å². The number of nitrogens with zero attached hydrogens (tertiary/aromatic N) is 5. The zero-order chi connectivity index (χ0) is 27.8. The second kappa shape index (κ2) is 31.5. The van der Waals surface area contributed by atoms with Crippen molar-refractivity contribution in [2.45, 2.75) is 55.4 Å². The Balaban J connectivity index is -0.0000000935. The Hall–Kier alpha value is -3.50. The van der Waals surface area contributed by atoms with Gasteiger partial charge in [-0.15, -0.1) is 0 Å². The monoisotopic (exact) mass is 551 g/mol. The normalized spacial score (nSPS) is 7.47. The Labute approximate surface area is 243 Å². The number of hydrogen-bond donors (Lipinski definition) is 3. The Bertz CT molecular complexity index is 1150. The predicted molar refractivity (Wildman–Crippen MR) is 145 cm³/mol. The van der Waals surface area contributed by atoms with E-state index in [-0.39, 0.29) is 51.8 Å². The van der Waals surface area contributed by atoms with Crippen LogP contribution < -0.4 is 56.0 Å². The van der Waals surface area contributed by atoms with Crippen molar-refractivity contribution in [2.24, 2.45) is 0 Å². The molecule has 0 bridgehead atoms. The van der Waals surface area contributed by atoms with Gasteiger partial charge in [0.1, 0.15) is 11.0 Å². The SMILES string of the molecule is CC.CC.CC.CC.Nc1nc2ccccc2[n+]([O-])n1.O.O.O=[NH+][O-].O=c1nc2ccccc2[n+]([O-])[nH]1.[Na+]. The van der Waals surface area contributed by atoms with Crippen LogP contribution in [0.2, 0.25) is 0 Å². The van der Waals surface area contributed by atoms with Crippen LogP contribution in [0.25, 0.3) is 22.1 Å². The van der Waals surface area contributed by atoms with Crippen molar-refractivity contribution in [1.29, 1.82) is 0 Å². The quantitative estimate of drug-likeness (QED) is 0.0668. The van der Waals surface area contributed by atoms with Gasteiger partial charge in [0.25, 0.3) is 17.0 Å². The number of aromatic nitrogens is 6. The molecule has 4 rings (SSSR count). The van der Waals surface area contributed by atoms with Crippen molar-refractivity contribution in [3.63, 3.8) is 0 Å². The molecule has 0 aliphatic heterocycles. The van der Waals surface area contributed by atoms with Gasteiger partial charge >= 0.3 is 35.2 Å². The first-order valence-electron chi connectivity index (χ1n) is 11.2. The standard InChI is InChI=1S/C7H6N4O.C7H5N3O2.4C2H6.HNO2.Na.2H2O/c8-7-9-5-3-1-2-4-6(5)11(12)10-7;11-7-8-5-3-1-2-4-6(5)10(12)9-7;4*1-2;2-1-3;;;/h1-4H,(H2,8,9,10);1-4H,(H,8,9,11);4*1-2H3;1H;;2*1H2/q;;;;;;;+1;;. The summed E-state index contributed by atoms with van der Waals surface area (Å²) in [7, 11) is 0. The number of hydrogen-bond acceptors (Lipinski definition) is 9. The van der Waals surface area contributed by atoms with Gasteiger partial charge in [0.2, 0.25) is 0 Å². The number of H-pyrrole nitrogens is 1. The van der Waals surface area contributed by atoms with E-state index in [1.807, 2.05) is 60.5 Å². The third-order valence-corrected chi connectivity index (χ3v) is 3.04. The number of para-hydroxylation sites is 4. The maximum absolute atomic E-state index is 11.1. The largest absolute Gasteiger partial charge is 1.00 e. The summed E-state index contributed by atoms with van der Waals surface area (Å²) in [6.45, 7) is 16.0. The Kier molecular flexibility index (Phi) is 39.6. The molecule has 2 aromatic heterocycles. The third kappa shape index (κ3) is 17.9. The van der Waals surface area contributed by atoms with Gasteiger partial charge in [0.05, 0.1) is 5.10 Å². The zero-order valence-electron chi connectivity index (χ0n) is 23.5. The Morgan fingerprint density at radius 1 is 0.789 bits per heavy atom. The summed E-state index contributed by atoms with van der Waals surface area (Å²) in [6.07, 6.45) is 0. The molecule has 16 heteroatoms. The first-order valence-corrected chi connectivity index (χ1v) is 11.2. The third-order valence-electron chi connectivity index (χ3n) is 3.04. The Morgan fingerprint density at radius 2 is 1.16 bits per heavy atom. The minimum absolute atomic E-state index is 0.